The van der Waals surface area contributed by atoms with Gasteiger partial charge in [0.1, 0.15) is 0 Å². The Bertz CT molecular complexity index is 660. The topological polar surface area (TPSA) is 36.9 Å². The highest BCUT2D eigenvalue weighted by Crippen LogP contribution is 2.38. The van der Waals surface area contributed by atoms with E-state index in [9.17, 15) is 0 Å². The molecule has 1 aromatic carbocycles. The van der Waals surface area contributed by atoms with Gasteiger partial charge in [-0.15, -0.1) is 0 Å². The number of benzene rings is 1. The van der Waals surface area contributed by atoms with Crippen LogP contribution in [0.25, 0.3) is 0 Å². The highest BCUT2D eigenvalue weighted by atomic mass is 28.3. The molecule has 2 heterocycles. The molecule has 2 aliphatic rings. The molecule has 0 bridgehead atoms. The lowest BCUT2D eigenvalue weighted by Crippen LogP contribution is -2.46. The molecule has 28 heavy (non-hydrogen) atoms. The first kappa shape index (κ1) is 22.1. The largest absolute Gasteiger partial charge is 0.495 e. The van der Waals surface area contributed by atoms with Crippen molar-refractivity contribution in [2.75, 3.05) is 0 Å². The van der Waals surface area contributed by atoms with E-state index in [0.29, 0.717) is 0 Å². The van der Waals surface area contributed by atoms with Crippen LogP contribution in [-0.4, -0.2) is 45.4 Å². The van der Waals surface area contributed by atoms with E-state index in [1.54, 1.807) is 0 Å². The van der Waals surface area contributed by atoms with E-state index in [1.165, 1.54) is 5.56 Å². The second-order valence-corrected chi connectivity index (χ2v) is 13.9. The van der Waals surface area contributed by atoms with Gasteiger partial charge in [0.05, 0.1) is 22.4 Å². The van der Waals surface area contributed by atoms with Gasteiger partial charge < -0.3 is 18.6 Å². The zero-order chi connectivity index (χ0) is 21.1. The summed E-state index contributed by atoms with van der Waals surface area (Å²) in [5.41, 5.74) is 2.09. The van der Waals surface area contributed by atoms with Gasteiger partial charge in [-0.2, -0.15) is 0 Å². The molecule has 4 nitrogen and oxygen atoms in total. The first-order valence-corrected chi connectivity index (χ1v) is 13.6. The maximum atomic E-state index is 6.38. The van der Waals surface area contributed by atoms with Crippen molar-refractivity contribution in [1.82, 2.24) is 0 Å². The predicted octanol–water partition coefficient (Wildman–Crippen LogP) is 2.85. The lowest BCUT2D eigenvalue weighted by Gasteiger charge is -2.32. The van der Waals surface area contributed by atoms with Gasteiger partial charge in [0, 0.05) is 8.80 Å². The smallest absolute Gasteiger partial charge is 0.399 e. The Hall–Kier alpha value is -0.593. The van der Waals surface area contributed by atoms with Crippen LogP contribution in [0.1, 0.15) is 61.0 Å². The van der Waals surface area contributed by atoms with Gasteiger partial charge in [0.2, 0.25) is 0 Å². The molecular weight excluding hydrogens is 366 g/mol. The van der Waals surface area contributed by atoms with E-state index < -0.39 is 8.80 Å². The lowest BCUT2D eigenvalue weighted by atomic mass is 9.68. The first-order chi connectivity index (χ1) is 12.7. The summed E-state index contributed by atoms with van der Waals surface area (Å²) in [6.07, 6.45) is 0. The number of rotatable bonds is 4. The SMILES string of the molecule is C[SiH](C)Cc1c(B2OC(C)(C)C(C)(C)O2)cccc1B1OC(C)(C)C(C)(C)O1. The van der Waals surface area contributed by atoms with Crippen LogP contribution in [0.4, 0.5) is 0 Å². The summed E-state index contributed by atoms with van der Waals surface area (Å²) >= 11 is 0. The van der Waals surface area contributed by atoms with Crippen molar-refractivity contribution in [1.29, 1.82) is 0 Å². The Labute approximate surface area is 173 Å². The predicted molar refractivity (Wildman–Crippen MR) is 120 cm³/mol. The quantitative estimate of drug-likeness (QED) is 0.726. The van der Waals surface area contributed by atoms with Gasteiger partial charge in [0.15, 0.2) is 0 Å². The fourth-order valence-electron chi connectivity index (χ4n) is 3.65. The average Bonchev–Trinajstić information content (AvgIpc) is 2.86. The molecule has 7 heteroatoms. The van der Waals surface area contributed by atoms with E-state index >= 15 is 0 Å². The normalized spacial score (nSPS) is 25.0. The van der Waals surface area contributed by atoms with Gasteiger partial charge in [-0.05, 0) is 72.4 Å². The van der Waals surface area contributed by atoms with Crippen LogP contribution >= 0.6 is 0 Å². The Balaban J connectivity index is 2.03. The van der Waals surface area contributed by atoms with Crippen molar-refractivity contribution in [3.05, 3.63) is 23.8 Å². The third-order valence-corrected chi connectivity index (χ3v) is 8.10. The summed E-state index contributed by atoms with van der Waals surface area (Å²) < 4.78 is 25.5. The molecule has 0 saturated carbocycles. The fourth-order valence-corrected chi connectivity index (χ4v) is 4.94. The molecule has 0 aliphatic carbocycles. The Kier molecular flexibility index (Phi) is 5.51. The summed E-state index contributed by atoms with van der Waals surface area (Å²) in [5, 5.41) is 0. The first-order valence-electron chi connectivity index (χ1n) is 10.5. The molecule has 0 amide bonds. The minimum Gasteiger partial charge on any atom is -0.399 e. The molecular formula is C21H36B2O4Si. The molecule has 2 aliphatic heterocycles. The maximum absolute atomic E-state index is 6.38. The van der Waals surface area contributed by atoms with Gasteiger partial charge in [-0.25, -0.2) is 0 Å². The molecule has 3 rings (SSSR count). The molecule has 0 radical (unpaired) electrons. The molecule has 2 saturated heterocycles. The van der Waals surface area contributed by atoms with E-state index in [4.69, 9.17) is 18.6 Å². The highest BCUT2D eigenvalue weighted by Gasteiger charge is 2.54. The highest BCUT2D eigenvalue weighted by molar-refractivity contribution is 6.68. The third kappa shape index (κ3) is 3.76. The molecule has 2 fully saturated rings. The summed E-state index contributed by atoms with van der Waals surface area (Å²) in [6.45, 7) is 21.5. The fraction of sp³-hybridized carbons (Fsp3) is 0.714. The molecule has 0 atom stereocenters. The second kappa shape index (κ2) is 6.98. The molecule has 0 N–H and O–H groups in total. The zero-order valence-corrected chi connectivity index (χ0v) is 20.5. The van der Waals surface area contributed by atoms with Crippen molar-refractivity contribution in [3.63, 3.8) is 0 Å². The van der Waals surface area contributed by atoms with Gasteiger partial charge in [0.25, 0.3) is 0 Å². The van der Waals surface area contributed by atoms with Crippen molar-refractivity contribution in [2.24, 2.45) is 0 Å². The summed E-state index contributed by atoms with van der Waals surface area (Å²) in [5.74, 6) is 0. The van der Waals surface area contributed by atoms with E-state index in [-0.39, 0.29) is 36.6 Å². The third-order valence-electron chi connectivity index (χ3n) is 6.88. The van der Waals surface area contributed by atoms with Gasteiger partial charge >= 0.3 is 14.2 Å². The molecule has 0 aromatic heterocycles. The van der Waals surface area contributed by atoms with Crippen molar-refractivity contribution < 1.29 is 18.6 Å². The minimum absolute atomic E-state index is 0.357. The zero-order valence-electron chi connectivity index (χ0n) is 19.3. The monoisotopic (exact) mass is 402 g/mol. The molecule has 0 unspecified atom stereocenters. The molecule has 0 spiro atoms. The van der Waals surface area contributed by atoms with Crippen LogP contribution in [0.3, 0.4) is 0 Å². The van der Waals surface area contributed by atoms with Crippen molar-refractivity contribution in [3.8, 4) is 0 Å². The number of hydrogen-bond donors (Lipinski definition) is 0. The van der Waals surface area contributed by atoms with Crippen molar-refractivity contribution in [2.45, 2.75) is 96.9 Å². The van der Waals surface area contributed by atoms with E-state index in [1.807, 2.05) is 0 Å². The molecule has 1 aromatic rings. The molecule has 154 valence electrons. The summed E-state index contributed by atoms with van der Waals surface area (Å²) in [4.78, 5) is 0. The minimum atomic E-state index is -0.894. The van der Waals surface area contributed by atoms with Crippen molar-refractivity contribution >= 4 is 34.0 Å². The van der Waals surface area contributed by atoms with E-state index in [2.05, 4.69) is 86.7 Å². The van der Waals surface area contributed by atoms with Crippen LogP contribution in [-0.2, 0) is 24.7 Å². The Morgan fingerprint density at radius 3 is 1.29 bits per heavy atom. The van der Waals surface area contributed by atoms with Gasteiger partial charge in [-0.1, -0.05) is 36.9 Å². The maximum Gasteiger partial charge on any atom is 0.495 e. The summed E-state index contributed by atoms with van der Waals surface area (Å²) in [6, 6.07) is 7.41. The van der Waals surface area contributed by atoms with E-state index in [0.717, 1.165) is 17.0 Å². The van der Waals surface area contributed by atoms with Crippen LogP contribution < -0.4 is 10.9 Å². The Morgan fingerprint density at radius 2 is 1.00 bits per heavy atom. The standard InChI is InChI=1S/C21H36B2O4Si/c1-18(2)19(3,4)25-22(24-18)16-12-11-13-17(15(16)14-28(9)10)23-26-20(5,6)21(7,8)27-23/h11-13,28H,14H2,1-10H3. The lowest BCUT2D eigenvalue weighted by molar-refractivity contribution is 0.00578. The number of hydrogen-bond acceptors (Lipinski definition) is 4. The van der Waals surface area contributed by atoms with Gasteiger partial charge in [-0.3, -0.25) is 0 Å². The van der Waals surface area contributed by atoms with Crippen LogP contribution in [0.2, 0.25) is 13.1 Å². The Morgan fingerprint density at radius 1 is 0.679 bits per heavy atom. The van der Waals surface area contributed by atoms with Crippen LogP contribution in [0, 0.1) is 0 Å². The summed E-state index contributed by atoms with van der Waals surface area (Å²) in [7, 11) is -1.62. The average molecular weight is 402 g/mol. The van der Waals surface area contributed by atoms with Crippen LogP contribution in [0.15, 0.2) is 18.2 Å². The van der Waals surface area contributed by atoms with Crippen LogP contribution in [0.5, 0.6) is 0 Å². The second-order valence-electron chi connectivity index (χ2n) is 10.7.